The van der Waals surface area contributed by atoms with E-state index in [9.17, 15) is 14.3 Å². The van der Waals surface area contributed by atoms with E-state index in [2.05, 4.69) is 22.1 Å². The van der Waals surface area contributed by atoms with Crippen LogP contribution in [0.15, 0.2) is 53.1 Å². The number of benzene rings is 2. The summed E-state index contributed by atoms with van der Waals surface area (Å²) in [6, 6.07) is 8.92. The average Bonchev–Trinajstić information content (AvgIpc) is 3.28. The van der Waals surface area contributed by atoms with Crippen LogP contribution in [0.5, 0.6) is 11.5 Å². The van der Waals surface area contributed by atoms with Crippen LogP contribution in [-0.4, -0.2) is 27.8 Å². The molecule has 4 rings (SSSR count). The molecule has 1 amide bonds. The summed E-state index contributed by atoms with van der Waals surface area (Å²) in [6.45, 7) is 3.49. The molecule has 0 radical (unpaired) electrons. The molecule has 0 unspecified atom stereocenters. The van der Waals surface area contributed by atoms with Crippen LogP contribution < -0.4 is 14.8 Å². The smallest absolute Gasteiger partial charge is 0.262 e. The second-order valence-electron chi connectivity index (χ2n) is 7.59. The molecule has 0 spiro atoms. The maximum Gasteiger partial charge on any atom is 0.262 e. The van der Waals surface area contributed by atoms with E-state index >= 15 is 0 Å². The summed E-state index contributed by atoms with van der Waals surface area (Å²) >= 11 is 11.6. The van der Waals surface area contributed by atoms with Gasteiger partial charge in [-0.1, -0.05) is 29.8 Å². The lowest BCUT2D eigenvalue weighted by Crippen LogP contribution is -2.28. The zero-order valence-electron chi connectivity index (χ0n) is 17.8. The van der Waals surface area contributed by atoms with Gasteiger partial charge in [0.2, 0.25) is 5.89 Å². The third kappa shape index (κ3) is 5.85. The highest BCUT2D eigenvalue weighted by Crippen LogP contribution is 2.41. The van der Waals surface area contributed by atoms with Crippen LogP contribution in [0.4, 0.5) is 4.39 Å². The number of aryl methyl sites for hydroxylation is 1. The number of aromatic nitrogens is 2. The summed E-state index contributed by atoms with van der Waals surface area (Å²) in [5, 5.41) is 21.5. The van der Waals surface area contributed by atoms with Gasteiger partial charge in [0.05, 0.1) is 11.1 Å². The Morgan fingerprint density at radius 3 is 2.88 bits per heavy atom. The summed E-state index contributed by atoms with van der Waals surface area (Å²) in [5.41, 5.74) is 1.03. The molecule has 8 nitrogen and oxygen atoms in total. The maximum atomic E-state index is 13.4. The molecule has 2 aromatic carbocycles. The van der Waals surface area contributed by atoms with E-state index in [-0.39, 0.29) is 29.7 Å². The lowest BCUT2D eigenvalue weighted by Gasteiger charge is -2.27. The normalized spacial score (nSPS) is 16.9. The number of hydrogen-bond acceptors (Lipinski definition) is 7. The number of aliphatic hydroxyl groups excluding tert-OH is 1. The quantitative estimate of drug-likeness (QED) is 0.454. The molecule has 178 valence electrons. The van der Waals surface area contributed by atoms with Gasteiger partial charge in [-0.15, -0.1) is 10.2 Å². The Morgan fingerprint density at radius 1 is 1.26 bits per heavy atom. The lowest BCUT2D eigenvalue weighted by atomic mass is 9.99. The molecule has 1 aromatic heterocycles. The molecule has 1 aliphatic rings. The van der Waals surface area contributed by atoms with Gasteiger partial charge in [0.25, 0.3) is 11.8 Å². The molecule has 0 saturated carbocycles. The number of halogens is 3. The molecule has 0 aliphatic carbocycles. The van der Waals surface area contributed by atoms with Gasteiger partial charge >= 0.3 is 0 Å². The van der Waals surface area contributed by atoms with E-state index in [1.165, 1.54) is 12.1 Å². The standard InChI is InChI=1S/C23H20Cl2FN3O5/c1-12(27-21(31)11-32-14-4-5-16(25)17(26)9-14)2-7-22-28-29-23(34-22)20-10-18(30)15-8-13(24)3-6-19(15)33-20/h3-6,8-9,18,20,30H,1-2,7,10-11H2,(H,27,31)/t18-,20-/m1/s1. The minimum absolute atomic E-state index is 0.0321. The number of allylic oxidation sites excluding steroid dienone is 1. The van der Waals surface area contributed by atoms with Crippen molar-refractivity contribution in [3.8, 4) is 11.5 Å². The van der Waals surface area contributed by atoms with E-state index in [1.807, 2.05) is 0 Å². The fourth-order valence-corrected chi connectivity index (χ4v) is 3.63. The predicted octanol–water partition coefficient (Wildman–Crippen LogP) is 4.71. The molecule has 11 heteroatoms. The number of carbonyl (C=O) groups excluding carboxylic acids is 1. The number of aliphatic hydroxyl groups is 1. The van der Waals surface area contributed by atoms with Crippen molar-refractivity contribution in [2.75, 3.05) is 6.61 Å². The highest BCUT2D eigenvalue weighted by atomic mass is 35.5. The highest BCUT2D eigenvalue weighted by molar-refractivity contribution is 6.31. The van der Waals surface area contributed by atoms with Crippen molar-refractivity contribution in [3.63, 3.8) is 0 Å². The largest absolute Gasteiger partial charge is 0.484 e. The van der Waals surface area contributed by atoms with Gasteiger partial charge in [-0.25, -0.2) is 4.39 Å². The molecule has 1 aliphatic heterocycles. The number of hydrogen-bond donors (Lipinski definition) is 2. The lowest BCUT2D eigenvalue weighted by molar-refractivity contribution is -0.122. The van der Waals surface area contributed by atoms with E-state index in [1.54, 1.807) is 18.2 Å². The Kier molecular flexibility index (Phi) is 7.35. The Morgan fingerprint density at radius 2 is 2.09 bits per heavy atom. The summed E-state index contributed by atoms with van der Waals surface area (Å²) in [5.74, 6) is 0.181. The van der Waals surface area contributed by atoms with Crippen molar-refractivity contribution in [2.24, 2.45) is 0 Å². The molecular formula is C23H20Cl2FN3O5. The number of fused-ring (bicyclic) bond motifs is 1. The first-order chi connectivity index (χ1) is 16.3. The predicted molar refractivity (Wildman–Crippen MR) is 121 cm³/mol. The maximum absolute atomic E-state index is 13.4. The monoisotopic (exact) mass is 507 g/mol. The number of amides is 1. The van der Waals surface area contributed by atoms with E-state index in [0.717, 1.165) is 6.07 Å². The fourth-order valence-electron chi connectivity index (χ4n) is 3.34. The van der Waals surface area contributed by atoms with Crippen LogP contribution >= 0.6 is 23.2 Å². The topological polar surface area (TPSA) is 107 Å². The Bertz CT molecular complexity index is 1220. The zero-order chi connectivity index (χ0) is 24.2. The first-order valence-corrected chi connectivity index (χ1v) is 11.1. The molecule has 2 atom stereocenters. The van der Waals surface area contributed by atoms with Crippen molar-refractivity contribution in [2.45, 2.75) is 31.5 Å². The number of ether oxygens (including phenoxy) is 2. The molecule has 3 aromatic rings. The molecule has 2 heterocycles. The summed E-state index contributed by atoms with van der Waals surface area (Å²) < 4.78 is 30.2. The van der Waals surface area contributed by atoms with Crippen LogP contribution in [0, 0.1) is 5.82 Å². The van der Waals surface area contributed by atoms with E-state index in [4.69, 9.17) is 37.1 Å². The highest BCUT2D eigenvalue weighted by Gasteiger charge is 2.31. The van der Waals surface area contributed by atoms with Crippen LogP contribution in [0.1, 0.15) is 42.4 Å². The summed E-state index contributed by atoms with van der Waals surface area (Å²) in [4.78, 5) is 12.0. The first-order valence-electron chi connectivity index (χ1n) is 10.3. The Labute approximate surface area is 204 Å². The van der Waals surface area contributed by atoms with Crippen LogP contribution in [0.3, 0.4) is 0 Å². The Hall–Kier alpha value is -3.14. The second-order valence-corrected chi connectivity index (χ2v) is 8.43. The first kappa shape index (κ1) is 24.0. The van der Waals surface area contributed by atoms with Gasteiger partial charge in [0, 0.05) is 35.2 Å². The SMILES string of the molecule is C=C(CCc1nnc([C@H]2C[C@@H](O)c3cc(Cl)ccc3O2)o1)NC(=O)COc1ccc(Cl)c(F)c1. The molecule has 0 bridgehead atoms. The van der Waals surface area contributed by atoms with Gasteiger partial charge in [0.1, 0.15) is 17.3 Å². The van der Waals surface area contributed by atoms with Gasteiger partial charge in [-0.3, -0.25) is 4.79 Å². The van der Waals surface area contributed by atoms with Gasteiger partial charge in [-0.2, -0.15) is 0 Å². The molecule has 2 N–H and O–H groups in total. The molecule has 34 heavy (non-hydrogen) atoms. The number of nitrogens with one attached hydrogen (secondary N) is 1. The Balaban J connectivity index is 1.25. The fraction of sp³-hybridized carbons (Fsp3) is 0.261. The van der Waals surface area contributed by atoms with E-state index < -0.39 is 23.9 Å². The van der Waals surface area contributed by atoms with Crippen molar-refractivity contribution in [1.82, 2.24) is 15.5 Å². The van der Waals surface area contributed by atoms with Gasteiger partial charge in [0.15, 0.2) is 12.7 Å². The molecule has 0 fully saturated rings. The van der Waals surface area contributed by atoms with Crippen LogP contribution in [-0.2, 0) is 11.2 Å². The van der Waals surface area contributed by atoms with Crippen molar-refractivity contribution in [3.05, 3.63) is 81.9 Å². The number of nitrogens with zero attached hydrogens (tertiary/aromatic N) is 2. The summed E-state index contributed by atoms with van der Waals surface area (Å²) in [6.07, 6.45) is -0.447. The van der Waals surface area contributed by atoms with Gasteiger partial charge < -0.3 is 24.3 Å². The van der Waals surface area contributed by atoms with Crippen molar-refractivity contribution < 1.29 is 28.2 Å². The third-order valence-electron chi connectivity index (χ3n) is 5.01. The van der Waals surface area contributed by atoms with Crippen molar-refractivity contribution >= 4 is 29.1 Å². The second kappa shape index (κ2) is 10.4. The van der Waals surface area contributed by atoms with Crippen LogP contribution in [0.2, 0.25) is 10.0 Å². The number of rotatable bonds is 8. The number of carbonyl (C=O) groups is 1. The molecule has 0 saturated heterocycles. The molecular weight excluding hydrogens is 488 g/mol. The van der Waals surface area contributed by atoms with Gasteiger partial charge in [-0.05, 0) is 36.8 Å². The van der Waals surface area contributed by atoms with Crippen LogP contribution in [0.25, 0.3) is 0 Å². The minimum atomic E-state index is -0.774. The minimum Gasteiger partial charge on any atom is -0.484 e. The average molecular weight is 508 g/mol. The zero-order valence-corrected chi connectivity index (χ0v) is 19.3. The van der Waals surface area contributed by atoms with E-state index in [0.29, 0.717) is 40.8 Å². The summed E-state index contributed by atoms with van der Waals surface area (Å²) in [7, 11) is 0. The van der Waals surface area contributed by atoms with Crippen molar-refractivity contribution in [1.29, 1.82) is 0 Å². The third-order valence-corrected chi connectivity index (χ3v) is 5.55.